The highest BCUT2D eigenvalue weighted by Crippen LogP contribution is 2.36. The molecular formula is C27H29N5O2. The number of nitriles is 1. The number of ether oxygens (including phenoxy) is 2. The van der Waals surface area contributed by atoms with E-state index >= 15 is 0 Å². The zero-order chi connectivity index (χ0) is 23.3. The second kappa shape index (κ2) is 10.1. The maximum absolute atomic E-state index is 9.24. The van der Waals surface area contributed by atoms with Crippen molar-refractivity contribution >= 4 is 5.95 Å². The topological polar surface area (TPSA) is 74.5 Å². The lowest BCUT2D eigenvalue weighted by atomic mass is 10.0. The number of benzene rings is 2. The summed E-state index contributed by atoms with van der Waals surface area (Å²) in [5.41, 5.74) is 3.89. The van der Waals surface area contributed by atoms with Crippen molar-refractivity contribution < 1.29 is 9.47 Å². The van der Waals surface area contributed by atoms with Crippen LogP contribution in [-0.2, 0) is 19.5 Å². The highest BCUT2D eigenvalue weighted by molar-refractivity contribution is 5.47. The maximum atomic E-state index is 9.24. The minimum atomic E-state index is 0.602. The number of methoxy groups -OCH3 is 1. The quantitative estimate of drug-likeness (QED) is 0.533. The second-order valence-electron chi connectivity index (χ2n) is 8.83. The summed E-state index contributed by atoms with van der Waals surface area (Å²) < 4.78 is 11.9. The first-order valence-corrected chi connectivity index (χ1v) is 11.9. The van der Waals surface area contributed by atoms with E-state index < -0.39 is 0 Å². The van der Waals surface area contributed by atoms with Gasteiger partial charge in [-0.05, 0) is 49.1 Å². The van der Waals surface area contributed by atoms with E-state index in [0.29, 0.717) is 29.5 Å². The molecule has 0 spiro atoms. The fourth-order valence-corrected chi connectivity index (χ4v) is 4.69. The van der Waals surface area contributed by atoms with Crippen molar-refractivity contribution in [2.24, 2.45) is 0 Å². The number of nitrogens with zero attached hydrogens (tertiary/aromatic N) is 5. The summed E-state index contributed by atoms with van der Waals surface area (Å²) >= 11 is 0. The Balaban J connectivity index is 1.46. The Morgan fingerprint density at radius 1 is 0.971 bits per heavy atom. The predicted octanol–water partition coefficient (Wildman–Crippen LogP) is 4.70. The zero-order valence-electron chi connectivity index (χ0n) is 19.5. The number of anilines is 1. The highest BCUT2D eigenvalue weighted by Gasteiger charge is 2.26. The molecule has 5 rings (SSSR count). The summed E-state index contributed by atoms with van der Waals surface area (Å²) in [6, 6.07) is 17.7. The molecule has 3 aromatic rings. The third-order valence-electron chi connectivity index (χ3n) is 6.47. The molecule has 2 aromatic carbocycles. The summed E-state index contributed by atoms with van der Waals surface area (Å²) in [5.74, 6) is 2.69. The first-order valence-electron chi connectivity index (χ1n) is 11.9. The highest BCUT2D eigenvalue weighted by atomic mass is 16.5. The molecule has 0 saturated carbocycles. The first-order chi connectivity index (χ1) is 16.7. The molecule has 7 nitrogen and oxygen atoms in total. The van der Waals surface area contributed by atoms with Crippen molar-refractivity contribution in [2.45, 2.75) is 38.8 Å². The molecule has 34 heavy (non-hydrogen) atoms. The fraction of sp³-hybridized carbons (Fsp3) is 0.370. The standard InChI is InChI=1S/C27H29N5O2/c1-33-24-10-3-4-11-25(24)34-26-22-19-31(18-21-9-7-8-20(16-21)17-28)15-12-23(22)29-27(30-26)32-13-5-2-6-14-32/h3-4,7-11,16H,2,5-6,12-15,18-19H2,1H3. The number of rotatable bonds is 6. The summed E-state index contributed by atoms with van der Waals surface area (Å²) in [4.78, 5) is 14.5. The van der Waals surface area contributed by atoms with Crippen molar-refractivity contribution in [3.05, 3.63) is 70.9 Å². The second-order valence-corrected chi connectivity index (χ2v) is 8.83. The SMILES string of the molecule is COc1ccccc1Oc1nc(N2CCCCC2)nc2c1CN(Cc1cccc(C#N)c1)CC2. The molecule has 0 atom stereocenters. The van der Waals surface area contributed by atoms with Crippen LogP contribution in [0.25, 0.3) is 0 Å². The molecule has 0 bridgehead atoms. The predicted molar refractivity (Wildman–Crippen MR) is 130 cm³/mol. The van der Waals surface area contributed by atoms with Gasteiger partial charge < -0.3 is 14.4 Å². The lowest BCUT2D eigenvalue weighted by Crippen LogP contribution is -2.34. The van der Waals surface area contributed by atoms with E-state index in [2.05, 4.69) is 21.9 Å². The summed E-state index contributed by atoms with van der Waals surface area (Å²) in [6.45, 7) is 4.31. The van der Waals surface area contributed by atoms with Crippen LogP contribution in [0, 0.1) is 11.3 Å². The van der Waals surface area contributed by atoms with Crippen LogP contribution in [0.4, 0.5) is 5.95 Å². The Morgan fingerprint density at radius 2 is 1.79 bits per heavy atom. The van der Waals surface area contributed by atoms with Gasteiger partial charge in [0.2, 0.25) is 11.8 Å². The van der Waals surface area contributed by atoms with E-state index in [4.69, 9.17) is 19.4 Å². The molecule has 0 radical (unpaired) electrons. The summed E-state index contributed by atoms with van der Waals surface area (Å²) in [5, 5.41) is 9.24. The Hall–Kier alpha value is -3.63. The number of hydrogen-bond donors (Lipinski definition) is 0. The Kier molecular flexibility index (Phi) is 6.59. The largest absolute Gasteiger partial charge is 0.493 e. The fourth-order valence-electron chi connectivity index (χ4n) is 4.69. The van der Waals surface area contributed by atoms with Crippen molar-refractivity contribution in [3.63, 3.8) is 0 Å². The van der Waals surface area contributed by atoms with Gasteiger partial charge in [-0.3, -0.25) is 4.90 Å². The average Bonchev–Trinajstić information content (AvgIpc) is 2.89. The third-order valence-corrected chi connectivity index (χ3v) is 6.47. The molecule has 3 heterocycles. The van der Waals surface area contributed by atoms with Crippen molar-refractivity contribution in [3.8, 4) is 23.4 Å². The first kappa shape index (κ1) is 22.2. The van der Waals surface area contributed by atoms with Gasteiger partial charge in [-0.15, -0.1) is 0 Å². The van der Waals surface area contributed by atoms with Gasteiger partial charge in [0.05, 0.1) is 30.0 Å². The lowest BCUT2D eigenvalue weighted by molar-refractivity contribution is 0.237. The minimum absolute atomic E-state index is 0.602. The Labute approximate surface area is 200 Å². The molecule has 0 aliphatic carbocycles. The van der Waals surface area contributed by atoms with Gasteiger partial charge in [-0.25, -0.2) is 4.98 Å². The molecule has 0 unspecified atom stereocenters. The number of piperidine rings is 1. The van der Waals surface area contributed by atoms with Crippen LogP contribution in [-0.4, -0.2) is 41.6 Å². The molecule has 0 amide bonds. The van der Waals surface area contributed by atoms with E-state index in [9.17, 15) is 5.26 Å². The normalized spacial score (nSPS) is 15.9. The molecule has 2 aliphatic heterocycles. The van der Waals surface area contributed by atoms with Crippen molar-refractivity contribution in [2.75, 3.05) is 31.6 Å². The monoisotopic (exact) mass is 455 g/mol. The van der Waals surface area contributed by atoms with E-state index in [1.165, 1.54) is 19.3 Å². The molecule has 2 aliphatic rings. The Bertz CT molecular complexity index is 1200. The van der Waals surface area contributed by atoms with Gasteiger partial charge in [-0.2, -0.15) is 10.2 Å². The molecule has 0 N–H and O–H groups in total. The summed E-state index contributed by atoms with van der Waals surface area (Å²) in [6.07, 6.45) is 4.42. The van der Waals surface area contributed by atoms with Gasteiger partial charge in [0.25, 0.3) is 0 Å². The Morgan fingerprint density at radius 3 is 2.59 bits per heavy atom. The minimum Gasteiger partial charge on any atom is -0.493 e. The average molecular weight is 456 g/mol. The van der Waals surface area contributed by atoms with E-state index in [1.54, 1.807) is 7.11 Å². The van der Waals surface area contributed by atoms with Crippen LogP contribution in [0.1, 0.15) is 41.6 Å². The van der Waals surface area contributed by atoms with E-state index in [1.807, 2.05) is 42.5 Å². The van der Waals surface area contributed by atoms with Crippen LogP contribution in [0.15, 0.2) is 48.5 Å². The van der Waals surface area contributed by atoms with Crippen LogP contribution in [0.5, 0.6) is 17.4 Å². The van der Waals surface area contributed by atoms with E-state index in [0.717, 1.165) is 55.4 Å². The lowest BCUT2D eigenvalue weighted by Gasteiger charge is -2.32. The van der Waals surface area contributed by atoms with Gasteiger partial charge in [0.15, 0.2) is 11.5 Å². The number of para-hydroxylation sites is 2. The van der Waals surface area contributed by atoms with Gasteiger partial charge in [0, 0.05) is 39.1 Å². The van der Waals surface area contributed by atoms with Crippen LogP contribution < -0.4 is 14.4 Å². The van der Waals surface area contributed by atoms with Crippen LogP contribution in [0.2, 0.25) is 0 Å². The van der Waals surface area contributed by atoms with Crippen LogP contribution in [0.3, 0.4) is 0 Å². The van der Waals surface area contributed by atoms with Crippen LogP contribution >= 0.6 is 0 Å². The number of aromatic nitrogens is 2. The molecule has 1 saturated heterocycles. The number of hydrogen-bond acceptors (Lipinski definition) is 7. The molecular weight excluding hydrogens is 426 g/mol. The van der Waals surface area contributed by atoms with Crippen molar-refractivity contribution in [1.29, 1.82) is 5.26 Å². The molecule has 1 fully saturated rings. The van der Waals surface area contributed by atoms with Gasteiger partial charge in [0.1, 0.15) is 0 Å². The molecule has 1 aromatic heterocycles. The molecule has 174 valence electrons. The number of fused-ring (bicyclic) bond motifs is 1. The summed E-state index contributed by atoms with van der Waals surface area (Å²) in [7, 11) is 1.65. The van der Waals surface area contributed by atoms with Gasteiger partial charge >= 0.3 is 0 Å². The molecule has 7 heteroatoms. The van der Waals surface area contributed by atoms with Crippen molar-refractivity contribution in [1.82, 2.24) is 14.9 Å². The van der Waals surface area contributed by atoms with E-state index in [-0.39, 0.29) is 0 Å². The van der Waals surface area contributed by atoms with Gasteiger partial charge in [-0.1, -0.05) is 24.3 Å². The third kappa shape index (κ3) is 4.82. The maximum Gasteiger partial charge on any atom is 0.229 e. The zero-order valence-corrected chi connectivity index (χ0v) is 19.5. The smallest absolute Gasteiger partial charge is 0.229 e.